The van der Waals surface area contributed by atoms with Gasteiger partial charge in [0.2, 0.25) is 0 Å². The second-order valence-electron chi connectivity index (χ2n) is 4.27. The SMILES string of the molecule is Cc1ccnc(N2CCS(=O)(=O)CC2)c1CN. The molecule has 1 aromatic rings. The Balaban J connectivity index is 2.27. The fourth-order valence-corrected chi connectivity index (χ4v) is 3.22. The number of hydrogen-bond donors (Lipinski definition) is 1. The van der Waals surface area contributed by atoms with Crippen LogP contribution in [0, 0.1) is 6.92 Å². The molecule has 1 aromatic heterocycles. The smallest absolute Gasteiger partial charge is 0.153 e. The van der Waals surface area contributed by atoms with Gasteiger partial charge < -0.3 is 10.6 Å². The standard InChI is InChI=1S/C11H17N3O2S/c1-9-2-3-13-11(10(9)8-12)14-4-6-17(15,16)7-5-14/h2-3H,4-8,12H2,1H3. The summed E-state index contributed by atoms with van der Waals surface area (Å²) in [6.45, 7) is 3.43. The lowest BCUT2D eigenvalue weighted by molar-refractivity contribution is 0.586. The number of aryl methyl sites for hydroxylation is 1. The van der Waals surface area contributed by atoms with Crippen molar-refractivity contribution in [1.29, 1.82) is 0 Å². The van der Waals surface area contributed by atoms with E-state index in [4.69, 9.17) is 5.73 Å². The first-order valence-electron chi connectivity index (χ1n) is 5.63. The van der Waals surface area contributed by atoms with Crippen molar-refractivity contribution in [3.05, 3.63) is 23.4 Å². The molecule has 0 amide bonds. The molecule has 1 aliphatic heterocycles. The summed E-state index contributed by atoms with van der Waals surface area (Å²) in [5.41, 5.74) is 7.84. The van der Waals surface area contributed by atoms with E-state index in [1.54, 1.807) is 6.20 Å². The number of nitrogens with two attached hydrogens (primary N) is 1. The predicted octanol–water partition coefficient (Wildman–Crippen LogP) is 0.0835. The summed E-state index contributed by atoms with van der Waals surface area (Å²) >= 11 is 0. The van der Waals surface area contributed by atoms with Crippen LogP contribution in [0.1, 0.15) is 11.1 Å². The van der Waals surface area contributed by atoms with Crippen LogP contribution in [0.15, 0.2) is 12.3 Å². The average molecular weight is 255 g/mol. The van der Waals surface area contributed by atoms with E-state index in [1.165, 1.54) is 0 Å². The molecule has 1 fully saturated rings. The molecule has 0 bridgehead atoms. The number of nitrogens with zero attached hydrogens (tertiary/aromatic N) is 2. The molecule has 1 saturated heterocycles. The van der Waals surface area contributed by atoms with Gasteiger partial charge in [0, 0.05) is 31.4 Å². The Morgan fingerprint density at radius 3 is 2.65 bits per heavy atom. The van der Waals surface area contributed by atoms with Gasteiger partial charge in [0.25, 0.3) is 0 Å². The van der Waals surface area contributed by atoms with Crippen LogP contribution in [0.2, 0.25) is 0 Å². The molecular weight excluding hydrogens is 238 g/mol. The zero-order chi connectivity index (χ0) is 12.5. The summed E-state index contributed by atoms with van der Waals surface area (Å²) in [5, 5.41) is 0. The van der Waals surface area contributed by atoms with Crippen LogP contribution in [0.25, 0.3) is 0 Å². The Morgan fingerprint density at radius 1 is 1.41 bits per heavy atom. The Morgan fingerprint density at radius 2 is 2.06 bits per heavy atom. The minimum absolute atomic E-state index is 0.201. The fraction of sp³-hybridized carbons (Fsp3) is 0.545. The number of rotatable bonds is 2. The van der Waals surface area contributed by atoms with Crippen LogP contribution in [-0.4, -0.2) is 38.0 Å². The van der Waals surface area contributed by atoms with Gasteiger partial charge in [-0.05, 0) is 18.6 Å². The van der Waals surface area contributed by atoms with E-state index in [9.17, 15) is 8.42 Å². The lowest BCUT2D eigenvalue weighted by Crippen LogP contribution is -2.41. The van der Waals surface area contributed by atoms with E-state index >= 15 is 0 Å². The molecule has 2 heterocycles. The summed E-state index contributed by atoms with van der Waals surface area (Å²) in [5.74, 6) is 1.24. The zero-order valence-corrected chi connectivity index (χ0v) is 10.7. The Hall–Kier alpha value is -1.14. The number of anilines is 1. The molecule has 0 atom stereocenters. The second-order valence-corrected chi connectivity index (χ2v) is 6.58. The third-order valence-electron chi connectivity index (χ3n) is 3.12. The van der Waals surface area contributed by atoms with Crippen molar-refractivity contribution >= 4 is 15.7 Å². The molecule has 5 nitrogen and oxygen atoms in total. The van der Waals surface area contributed by atoms with E-state index in [0.29, 0.717) is 19.6 Å². The summed E-state index contributed by atoms with van der Waals surface area (Å²) < 4.78 is 22.8. The minimum Gasteiger partial charge on any atom is -0.354 e. The largest absolute Gasteiger partial charge is 0.354 e. The van der Waals surface area contributed by atoms with E-state index in [-0.39, 0.29) is 11.5 Å². The number of hydrogen-bond acceptors (Lipinski definition) is 5. The van der Waals surface area contributed by atoms with Crippen LogP contribution in [0.4, 0.5) is 5.82 Å². The van der Waals surface area contributed by atoms with E-state index < -0.39 is 9.84 Å². The van der Waals surface area contributed by atoms with Crippen LogP contribution in [-0.2, 0) is 16.4 Å². The highest BCUT2D eigenvalue weighted by atomic mass is 32.2. The van der Waals surface area contributed by atoms with Crippen molar-refractivity contribution in [3.63, 3.8) is 0 Å². The molecule has 0 aliphatic carbocycles. The molecule has 0 aromatic carbocycles. The highest BCUT2D eigenvalue weighted by molar-refractivity contribution is 7.91. The Bertz CT molecular complexity index is 499. The Kier molecular flexibility index (Phi) is 3.35. The first-order chi connectivity index (χ1) is 8.03. The van der Waals surface area contributed by atoms with Gasteiger partial charge in [-0.3, -0.25) is 0 Å². The van der Waals surface area contributed by atoms with Crippen LogP contribution in [0.5, 0.6) is 0 Å². The molecule has 0 radical (unpaired) electrons. The summed E-state index contributed by atoms with van der Waals surface area (Å²) in [7, 11) is -2.85. The lowest BCUT2D eigenvalue weighted by Gasteiger charge is -2.29. The van der Waals surface area contributed by atoms with Gasteiger partial charge in [-0.1, -0.05) is 0 Å². The van der Waals surface area contributed by atoms with Crippen LogP contribution in [0.3, 0.4) is 0 Å². The van der Waals surface area contributed by atoms with Crippen LogP contribution < -0.4 is 10.6 Å². The normalized spacial score (nSPS) is 19.3. The van der Waals surface area contributed by atoms with Gasteiger partial charge in [0.1, 0.15) is 5.82 Å². The van der Waals surface area contributed by atoms with Gasteiger partial charge in [0.05, 0.1) is 11.5 Å². The number of sulfone groups is 1. The van der Waals surface area contributed by atoms with Crippen molar-refractivity contribution < 1.29 is 8.42 Å². The first-order valence-corrected chi connectivity index (χ1v) is 7.45. The van der Waals surface area contributed by atoms with Gasteiger partial charge >= 0.3 is 0 Å². The maximum atomic E-state index is 11.4. The van der Waals surface area contributed by atoms with Crippen LogP contribution >= 0.6 is 0 Å². The lowest BCUT2D eigenvalue weighted by atomic mass is 10.1. The van der Waals surface area contributed by atoms with Gasteiger partial charge in [0.15, 0.2) is 9.84 Å². The van der Waals surface area contributed by atoms with E-state index in [1.807, 2.05) is 17.9 Å². The van der Waals surface area contributed by atoms with E-state index in [2.05, 4.69) is 4.98 Å². The topological polar surface area (TPSA) is 76.3 Å². The summed E-state index contributed by atoms with van der Waals surface area (Å²) in [6, 6.07) is 1.92. The molecule has 2 N–H and O–H groups in total. The molecule has 94 valence electrons. The Labute approximate surface area is 102 Å². The van der Waals surface area contributed by atoms with E-state index in [0.717, 1.165) is 16.9 Å². The highest BCUT2D eigenvalue weighted by Crippen LogP contribution is 2.22. The van der Waals surface area contributed by atoms with Crippen molar-refractivity contribution in [1.82, 2.24) is 4.98 Å². The van der Waals surface area contributed by atoms with Crippen molar-refractivity contribution in [3.8, 4) is 0 Å². The second kappa shape index (κ2) is 4.62. The van der Waals surface area contributed by atoms with Crippen molar-refractivity contribution in [2.24, 2.45) is 5.73 Å². The third-order valence-corrected chi connectivity index (χ3v) is 4.72. The molecule has 0 spiro atoms. The molecule has 0 unspecified atom stereocenters. The third kappa shape index (κ3) is 2.58. The predicted molar refractivity (Wildman–Crippen MR) is 67.7 cm³/mol. The minimum atomic E-state index is -2.85. The summed E-state index contributed by atoms with van der Waals surface area (Å²) in [6.07, 6.45) is 1.74. The maximum Gasteiger partial charge on any atom is 0.153 e. The van der Waals surface area contributed by atoms with Gasteiger partial charge in [-0.15, -0.1) is 0 Å². The molecule has 6 heteroatoms. The molecule has 17 heavy (non-hydrogen) atoms. The highest BCUT2D eigenvalue weighted by Gasteiger charge is 2.24. The van der Waals surface area contributed by atoms with Gasteiger partial charge in [-0.2, -0.15) is 0 Å². The average Bonchev–Trinajstić information content (AvgIpc) is 2.29. The van der Waals surface area contributed by atoms with Gasteiger partial charge in [-0.25, -0.2) is 13.4 Å². The number of aromatic nitrogens is 1. The number of pyridine rings is 1. The van der Waals surface area contributed by atoms with Crippen molar-refractivity contribution in [2.75, 3.05) is 29.5 Å². The first kappa shape index (κ1) is 12.3. The summed E-state index contributed by atoms with van der Waals surface area (Å²) in [4.78, 5) is 6.34. The molecule has 1 aliphatic rings. The van der Waals surface area contributed by atoms with Crippen molar-refractivity contribution in [2.45, 2.75) is 13.5 Å². The molecule has 2 rings (SSSR count). The monoisotopic (exact) mass is 255 g/mol. The maximum absolute atomic E-state index is 11.4. The molecular formula is C11H17N3O2S. The fourth-order valence-electron chi connectivity index (χ4n) is 2.02. The quantitative estimate of drug-likeness (QED) is 0.810. The molecule has 0 saturated carbocycles. The zero-order valence-electron chi connectivity index (χ0n) is 9.89.